The van der Waals surface area contributed by atoms with E-state index in [1.165, 1.54) is 56.2 Å². The zero-order valence-electron chi connectivity index (χ0n) is 13.6. The van der Waals surface area contributed by atoms with Crippen molar-refractivity contribution in [2.75, 3.05) is 6.54 Å². The number of aryl methyl sites for hydroxylation is 1. The van der Waals surface area contributed by atoms with Gasteiger partial charge in [0.25, 0.3) is 0 Å². The summed E-state index contributed by atoms with van der Waals surface area (Å²) in [5, 5.41) is 7.69. The Morgan fingerprint density at radius 1 is 1.14 bits per heavy atom. The number of hydrogen-bond donors (Lipinski definition) is 2. The lowest BCUT2D eigenvalue weighted by Gasteiger charge is -2.38. The van der Waals surface area contributed by atoms with E-state index in [1.54, 1.807) is 0 Å². The van der Waals surface area contributed by atoms with Gasteiger partial charge < -0.3 is 10.6 Å². The monoisotopic (exact) mass is 286 g/mol. The second-order valence-electron chi connectivity index (χ2n) is 7.06. The molecule has 3 unspecified atom stereocenters. The van der Waals surface area contributed by atoms with Crippen LogP contribution in [0, 0.1) is 12.8 Å². The molecule has 1 heterocycles. The molecule has 0 aromatic heterocycles. The summed E-state index contributed by atoms with van der Waals surface area (Å²) in [6.07, 6.45) is 8.29. The Morgan fingerprint density at radius 3 is 2.76 bits per heavy atom. The molecule has 1 saturated heterocycles. The van der Waals surface area contributed by atoms with Gasteiger partial charge in [0.2, 0.25) is 0 Å². The van der Waals surface area contributed by atoms with Crippen molar-refractivity contribution in [3.8, 4) is 0 Å². The molecular formula is C19H30N2. The highest BCUT2D eigenvalue weighted by atomic mass is 15.0. The van der Waals surface area contributed by atoms with Gasteiger partial charge >= 0.3 is 0 Å². The smallest absolute Gasteiger partial charge is 0.0294 e. The minimum atomic E-state index is 0.455. The Balaban J connectivity index is 1.66. The molecule has 2 fully saturated rings. The molecule has 1 aromatic carbocycles. The van der Waals surface area contributed by atoms with Crippen LogP contribution in [0.1, 0.15) is 62.6 Å². The second kappa shape index (κ2) is 6.93. The van der Waals surface area contributed by atoms with Gasteiger partial charge in [0.15, 0.2) is 0 Å². The number of nitrogens with one attached hydrogen (secondary N) is 2. The van der Waals surface area contributed by atoms with E-state index in [0.29, 0.717) is 12.1 Å². The Hall–Kier alpha value is -0.860. The van der Waals surface area contributed by atoms with Gasteiger partial charge in [-0.05, 0) is 57.6 Å². The lowest BCUT2D eigenvalue weighted by molar-refractivity contribution is 0.203. The van der Waals surface area contributed by atoms with Crippen molar-refractivity contribution in [3.63, 3.8) is 0 Å². The standard InChI is InChI=1S/C19H30N2/c1-14-7-5-8-16(13-14)15(2)21-19-10-4-3-9-17(19)18-11-6-12-20-18/h5,7-8,13,15,17-21H,3-4,6,9-12H2,1-2H3/t15-,17?,18?,19?/m1/s1. The highest BCUT2D eigenvalue weighted by Gasteiger charge is 2.33. The fraction of sp³-hybridized carbons (Fsp3) is 0.684. The highest BCUT2D eigenvalue weighted by molar-refractivity contribution is 5.24. The maximum absolute atomic E-state index is 3.95. The van der Waals surface area contributed by atoms with E-state index in [2.05, 4.69) is 48.7 Å². The molecule has 1 aromatic rings. The van der Waals surface area contributed by atoms with E-state index >= 15 is 0 Å². The van der Waals surface area contributed by atoms with Crippen molar-refractivity contribution < 1.29 is 0 Å². The van der Waals surface area contributed by atoms with E-state index in [4.69, 9.17) is 0 Å². The maximum atomic E-state index is 3.95. The van der Waals surface area contributed by atoms with Crippen LogP contribution in [0.15, 0.2) is 24.3 Å². The molecule has 1 aliphatic heterocycles. The van der Waals surface area contributed by atoms with Crippen LogP contribution in [0.2, 0.25) is 0 Å². The van der Waals surface area contributed by atoms with E-state index < -0.39 is 0 Å². The van der Waals surface area contributed by atoms with Crippen LogP contribution in [0.25, 0.3) is 0 Å². The van der Waals surface area contributed by atoms with E-state index in [-0.39, 0.29) is 0 Å². The summed E-state index contributed by atoms with van der Waals surface area (Å²) in [5.41, 5.74) is 2.79. The number of benzene rings is 1. The Labute approximate surface area is 129 Å². The van der Waals surface area contributed by atoms with Crippen LogP contribution in [-0.2, 0) is 0 Å². The first-order valence-electron chi connectivity index (χ1n) is 8.80. The lowest BCUT2D eigenvalue weighted by atomic mass is 9.79. The van der Waals surface area contributed by atoms with Gasteiger partial charge in [0.1, 0.15) is 0 Å². The van der Waals surface area contributed by atoms with E-state index in [9.17, 15) is 0 Å². The zero-order chi connectivity index (χ0) is 14.7. The molecule has 116 valence electrons. The van der Waals surface area contributed by atoms with Gasteiger partial charge in [0, 0.05) is 18.1 Å². The van der Waals surface area contributed by atoms with Crippen molar-refractivity contribution in [3.05, 3.63) is 35.4 Å². The van der Waals surface area contributed by atoms with E-state index in [0.717, 1.165) is 12.0 Å². The lowest BCUT2D eigenvalue weighted by Crippen LogP contribution is -2.47. The predicted octanol–water partition coefficient (Wildman–Crippen LogP) is 3.96. The fourth-order valence-electron chi connectivity index (χ4n) is 4.28. The molecule has 0 amide bonds. The molecule has 0 radical (unpaired) electrons. The van der Waals surface area contributed by atoms with Gasteiger partial charge in [-0.25, -0.2) is 0 Å². The molecule has 2 N–H and O–H groups in total. The quantitative estimate of drug-likeness (QED) is 0.875. The molecule has 4 atom stereocenters. The average Bonchev–Trinajstić information content (AvgIpc) is 3.02. The summed E-state index contributed by atoms with van der Waals surface area (Å²) in [7, 11) is 0. The van der Waals surface area contributed by atoms with Crippen LogP contribution < -0.4 is 10.6 Å². The summed E-state index contributed by atoms with van der Waals surface area (Å²) in [5.74, 6) is 0.827. The number of rotatable bonds is 4. The molecule has 2 nitrogen and oxygen atoms in total. The Kier molecular flexibility index (Phi) is 4.97. The molecular weight excluding hydrogens is 256 g/mol. The van der Waals surface area contributed by atoms with Gasteiger partial charge in [-0.1, -0.05) is 42.7 Å². The first kappa shape index (κ1) is 15.1. The van der Waals surface area contributed by atoms with Crippen LogP contribution in [0.5, 0.6) is 0 Å². The summed E-state index contributed by atoms with van der Waals surface area (Å²) < 4.78 is 0. The van der Waals surface area contributed by atoms with Gasteiger partial charge in [-0.2, -0.15) is 0 Å². The van der Waals surface area contributed by atoms with Gasteiger partial charge in [-0.3, -0.25) is 0 Å². The summed E-state index contributed by atoms with van der Waals surface area (Å²) in [6.45, 7) is 5.73. The molecule has 21 heavy (non-hydrogen) atoms. The normalized spacial score (nSPS) is 31.2. The summed E-state index contributed by atoms with van der Waals surface area (Å²) >= 11 is 0. The first-order chi connectivity index (χ1) is 10.2. The zero-order valence-corrected chi connectivity index (χ0v) is 13.6. The van der Waals surface area contributed by atoms with Crippen molar-refractivity contribution in [1.29, 1.82) is 0 Å². The molecule has 2 aliphatic rings. The molecule has 2 heteroatoms. The van der Waals surface area contributed by atoms with Crippen LogP contribution in [-0.4, -0.2) is 18.6 Å². The van der Waals surface area contributed by atoms with Crippen LogP contribution in [0.4, 0.5) is 0 Å². The predicted molar refractivity (Wildman–Crippen MR) is 89.5 cm³/mol. The SMILES string of the molecule is Cc1cccc([C@@H](C)NC2CCCCC2C2CCCN2)c1. The topological polar surface area (TPSA) is 24.1 Å². The summed E-state index contributed by atoms with van der Waals surface area (Å²) in [4.78, 5) is 0. The second-order valence-corrected chi connectivity index (χ2v) is 7.06. The molecule has 1 aliphatic carbocycles. The van der Waals surface area contributed by atoms with Crippen molar-refractivity contribution in [2.24, 2.45) is 5.92 Å². The van der Waals surface area contributed by atoms with Gasteiger partial charge in [0.05, 0.1) is 0 Å². The molecule has 0 spiro atoms. The van der Waals surface area contributed by atoms with Crippen LogP contribution in [0.3, 0.4) is 0 Å². The number of hydrogen-bond acceptors (Lipinski definition) is 2. The molecule has 0 bridgehead atoms. The van der Waals surface area contributed by atoms with Crippen molar-refractivity contribution >= 4 is 0 Å². The molecule has 3 rings (SSSR count). The third-order valence-corrected chi connectivity index (χ3v) is 5.44. The minimum Gasteiger partial charge on any atom is -0.314 e. The fourth-order valence-corrected chi connectivity index (χ4v) is 4.28. The average molecular weight is 286 g/mol. The van der Waals surface area contributed by atoms with Gasteiger partial charge in [-0.15, -0.1) is 0 Å². The third-order valence-electron chi connectivity index (χ3n) is 5.44. The Bertz CT molecular complexity index is 451. The first-order valence-corrected chi connectivity index (χ1v) is 8.80. The summed E-state index contributed by atoms with van der Waals surface area (Å²) in [6, 6.07) is 10.8. The van der Waals surface area contributed by atoms with Crippen LogP contribution >= 0.6 is 0 Å². The maximum Gasteiger partial charge on any atom is 0.0294 e. The largest absolute Gasteiger partial charge is 0.314 e. The van der Waals surface area contributed by atoms with Crippen molar-refractivity contribution in [1.82, 2.24) is 10.6 Å². The highest BCUT2D eigenvalue weighted by Crippen LogP contribution is 2.32. The van der Waals surface area contributed by atoms with Crippen molar-refractivity contribution in [2.45, 2.75) is 70.5 Å². The Morgan fingerprint density at radius 2 is 2.00 bits per heavy atom. The molecule has 1 saturated carbocycles. The van der Waals surface area contributed by atoms with E-state index in [1.807, 2.05) is 0 Å². The third kappa shape index (κ3) is 3.67. The minimum absolute atomic E-state index is 0.455.